The number of rotatable bonds is 24. The Bertz CT molecular complexity index is 506. The summed E-state index contributed by atoms with van der Waals surface area (Å²) in [6, 6.07) is 1.42. The maximum Gasteiger partial charge on any atom is 0.500 e. The van der Waals surface area contributed by atoms with Gasteiger partial charge in [0.15, 0.2) is 0 Å². The Morgan fingerprint density at radius 3 is 1.08 bits per heavy atom. The molecule has 0 bridgehead atoms. The van der Waals surface area contributed by atoms with Crippen LogP contribution in [0, 0.1) is 0 Å². The third-order valence-electron chi connectivity index (χ3n) is 4.20. The van der Waals surface area contributed by atoms with Gasteiger partial charge in [0, 0.05) is 85.2 Å². The Balaban J connectivity index is 4.09. The van der Waals surface area contributed by atoms with Crippen LogP contribution < -0.4 is 9.44 Å². The molecule has 0 atom stereocenters. The van der Waals surface area contributed by atoms with Crippen LogP contribution in [0.15, 0.2) is 0 Å². The predicted octanol–water partition coefficient (Wildman–Crippen LogP) is 4.69. The van der Waals surface area contributed by atoms with E-state index in [0.717, 1.165) is 46.3 Å². The Kier molecular flexibility index (Phi) is 23.8. The average Bonchev–Trinajstić information content (AvgIpc) is 2.84. The van der Waals surface area contributed by atoms with Gasteiger partial charge in [-0.1, -0.05) is 21.6 Å². The van der Waals surface area contributed by atoms with E-state index in [2.05, 4.69) is 9.44 Å². The van der Waals surface area contributed by atoms with Gasteiger partial charge < -0.3 is 26.6 Å². The number of nitrogens with one attached hydrogen (secondary N) is 2. The van der Waals surface area contributed by atoms with E-state index in [4.69, 9.17) is 26.6 Å². The number of hydrogen-bond acceptors (Lipinski definition) is 12. The van der Waals surface area contributed by atoms with E-state index in [-0.39, 0.29) is 0 Å². The Labute approximate surface area is 235 Å². The molecular formula is C20H44N2O8S4Si2. The second-order valence-corrected chi connectivity index (χ2v) is 16.8. The summed E-state index contributed by atoms with van der Waals surface area (Å²) in [5, 5.41) is 0. The molecule has 16 heteroatoms. The highest BCUT2D eigenvalue weighted by atomic mass is 33.1. The molecule has 0 aliphatic carbocycles. The van der Waals surface area contributed by atoms with Gasteiger partial charge in [-0.15, -0.1) is 0 Å². The lowest BCUT2D eigenvalue weighted by Crippen LogP contribution is -2.46. The van der Waals surface area contributed by atoms with Crippen LogP contribution in [0.2, 0.25) is 12.1 Å². The van der Waals surface area contributed by atoms with Crippen LogP contribution >= 0.6 is 43.5 Å². The van der Waals surface area contributed by atoms with E-state index in [9.17, 15) is 9.59 Å². The molecule has 0 saturated heterocycles. The quantitative estimate of drug-likeness (QED) is 0.0511. The van der Waals surface area contributed by atoms with Gasteiger partial charge in [0.25, 0.3) is 0 Å². The van der Waals surface area contributed by atoms with E-state index in [1.807, 2.05) is 41.5 Å². The van der Waals surface area contributed by atoms with Crippen molar-refractivity contribution in [2.75, 3.05) is 51.1 Å². The van der Waals surface area contributed by atoms with Gasteiger partial charge in [-0.2, -0.15) is 0 Å². The normalized spacial score (nSPS) is 12.1. The molecule has 0 aromatic heterocycles. The number of amides is 2. The molecule has 0 aromatic rings. The molecule has 2 amide bonds. The fourth-order valence-electron chi connectivity index (χ4n) is 3.01. The zero-order chi connectivity index (χ0) is 27.1. The summed E-state index contributed by atoms with van der Waals surface area (Å²) in [6.07, 6.45) is 1.64. The van der Waals surface area contributed by atoms with Crippen molar-refractivity contribution < 1.29 is 36.1 Å². The molecule has 0 aliphatic rings. The molecule has 0 aromatic carbocycles. The lowest BCUT2D eigenvalue weighted by molar-refractivity contribution is -0.136. The van der Waals surface area contributed by atoms with Crippen molar-refractivity contribution in [3.63, 3.8) is 0 Å². The second-order valence-electron chi connectivity index (χ2n) is 6.84. The highest BCUT2D eigenvalue weighted by Gasteiger charge is 2.40. The Hall–Kier alpha value is 0.534. The maximum absolute atomic E-state index is 12.0. The zero-order valence-electron chi connectivity index (χ0n) is 22.4. The standard InChI is InChI=1S/C20H44N2O8S4Si2/c1-7-25-35(26-8-2,27-9-3)17-13-15-31-33-21-19(23)20(24)22-34-32-16-14-18-36(28-10-4,29-11-5)30-12-6/h7-18H2,1-6H3,(H,21,23)(H,22,24). The van der Waals surface area contributed by atoms with Crippen molar-refractivity contribution in [3.05, 3.63) is 0 Å². The first-order chi connectivity index (χ1) is 17.4. The molecule has 0 rings (SSSR count). The third-order valence-corrected chi connectivity index (χ3v) is 14.4. The van der Waals surface area contributed by atoms with Crippen LogP contribution in [0.1, 0.15) is 54.4 Å². The molecule has 0 spiro atoms. The minimum absolute atomic E-state index is 0.548. The van der Waals surface area contributed by atoms with E-state index in [0.29, 0.717) is 51.7 Å². The van der Waals surface area contributed by atoms with Gasteiger partial charge in [-0.25, -0.2) is 0 Å². The Morgan fingerprint density at radius 2 is 0.833 bits per heavy atom. The van der Waals surface area contributed by atoms with Crippen LogP contribution in [0.25, 0.3) is 0 Å². The molecule has 0 radical (unpaired) electrons. The fraction of sp³-hybridized carbons (Fsp3) is 0.900. The molecule has 36 heavy (non-hydrogen) atoms. The summed E-state index contributed by atoms with van der Waals surface area (Å²) in [5.74, 6) is 0.153. The minimum atomic E-state index is -2.64. The van der Waals surface area contributed by atoms with E-state index in [1.165, 1.54) is 21.6 Å². The molecule has 0 aliphatic heterocycles. The van der Waals surface area contributed by atoms with Crippen molar-refractivity contribution in [2.24, 2.45) is 0 Å². The molecule has 10 nitrogen and oxygen atoms in total. The van der Waals surface area contributed by atoms with Gasteiger partial charge in [0.1, 0.15) is 0 Å². The molecule has 0 unspecified atom stereocenters. The monoisotopic (exact) mass is 624 g/mol. The molecule has 2 N–H and O–H groups in total. The molecular weight excluding hydrogens is 581 g/mol. The van der Waals surface area contributed by atoms with Crippen molar-refractivity contribution in [1.82, 2.24) is 9.44 Å². The van der Waals surface area contributed by atoms with Gasteiger partial charge in [0.2, 0.25) is 0 Å². The van der Waals surface area contributed by atoms with E-state index < -0.39 is 29.4 Å². The van der Waals surface area contributed by atoms with E-state index >= 15 is 0 Å². The molecule has 214 valence electrons. The van der Waals surface area contributed by atoms with Crippen LogP contribution in [-0.2, 0) is 36.1 Å². The third kappa shape index (κ3) is 16.5. The maximum atomic E-state index is 12.0. The first kappa shape index (κ1) is 36.5. The number of carbonyl (C=O) groups excluding carboxylic acids is 2. The van der Waals surface area contributed by atoms with Gasteiger partial charge in [0.05, 0.1) is 0 Å². The topological polar surface area (TPSA) is 114 Å². The fourth-order valence-corrected chi connectivity index (χ4v) is 11.9. The zero-order valence-corrected chi connectivity index (χ0v) is 27.7. The van der Waals surface area contributed by atoms with Crippen LogP contribution in [0.4, 0.5) is 0 Å². The first-order valence-corrected chi connectivity index (χ1v) is 20.9. The summed E-state index contributed by atoms with van der Waals surface area (Å²) in [4.78, 5) is 24.0. The predicted molar refractivity (Wildman–Crippen MR) is 156 cm³/mol. The lowest BCUT2D eigenvalue weighted by Gasteiger charge is -2.28. The van der Waals surface area contributed by atoms with Crippen molar-refractivity contribution >= 4 is 73.0 Å². The van der Waals surface area contributed by atoms with E-state index in [1.54, 1.807) is 0 Å². The van der Waals surface area contributed by atoms with Crippen molar-refractivity contribution in [3.8, 4) is 0 Å². The summed E-state index contributed by atoms with van der Waals surface area (Å²) >= 11 is 0. The van der Waals surface area contributed by atoms with Gasteiger partial charge >= 0.3 is 29.4 Å². The highest BCUT2D eigenvalue weighted by Crippen LogP contribution is 2.25. The smallest absolute Gasteiger partial charge is 0.374 e. The molecule has 0 fully saturated rings. The largest absolute Gasteiger partial charge is 0.500 e. The van der Waals surface area contributed by atoms with Crippen molar-refractivity contribution in [1.29, 1.82) is 0 Å². The van der Waals surface area contributed by atoms with Gasteiger partial charge in [-0.3, -0.25) is 19.0 Å². The highest BCUT2D eigenvalue weighted by molar-refractivity contribution is 8.76. The SMILES string of the molecule is CCO[Si](CCCSSNC(=O)C(=O)NSSCCC[Si](OCC)(OCC)OCC)(OCC)OCC. The number of hydrogen-bond donors (Lipinski definition) is 2. The summed E-state index contributed by atoms with van der Waals surface area (Å²) in [6.45, 7) is 14.9. The Morgan fingerprint density at radius 1 is 0.556 bits per heavy atom. The average molecular weight is 625 g/mol. The second kappa shape index (κ2) is 23.4. The summed E-state index contributed by atoms with van der Waals surface area (Å²) in [7, 11) is -0.0837. The molecule has 0 saturated carbocycles. The first-order valence-electron chi connectivity index (χ1n) is 12.4. The van der Waals surface area contributed by atoms with Crippen molar-refractivity contribution in [2.45, 2.75) is 66.5 Å². The minimum Gasteiger partial charge on any atom is -0.374 e. The molecule has 0 heterocycles. The van der Waals surface area contributed by atoms with Crippen LogP contribution in [0.3, 0.4) is 0 Å². The van der Waals surface area contributed by atoms with Crippen LogP contribution in [-0.4, -0.2) is 80.6 Å². The van der Waals surface area contributed by atoms with Gasteiger partial charge in [-0.05, 0) is 54.4 Å². The lowest BCUT2D eigenvalue weighted by atomic mass is 10.6. The summed E-state index contributed by atoms with van der Waals surface area (Å²) < 4.78 is 40.1. The van der Waals surface area contributed by atoms with Crippen LogP contribution in [0.5, 0.6) is 0 Å². The summed E-state index contributed by atoms with van der Waals surface area (Å²) in [5.41, 5.74) is 0. The number of carbonyl (C=O) groups is 2.